The molecule has 1 aliphatic rings. The highest BCUT2D eigenvalue weighted by atomic mass is 79.9. The lowest BCUT2D eigenvalue weighted by Crippen LogP contribution is -2.29. The molecule has 0 fully saturated rings. The maximum Gasteiger partial charge on any atom is 0.0807 e. The molecule has 0 aromatic heterocycles. The first kappa shape index (κ1) is 15.7. The second kappa shape index (κ2) is 5.98. The van der Waals surface area contributed by atoms with Crippen LogP contribution in [-0.2, 0) is 5.54 Å². The first-order chi connectivity index (χ1) is 9.35. The molecule has 0 bridgehead atoms. The van der Waals surface area contributed by atoms with Crippen molar-refractivity contribution in [1.82, 2.24) is 0 Å². The van der Waals surface area contributed by atoms with Crippen LogP contribution in [0.25, 0.3) is 0 Å². The lowest BCUT2D eigenvalue weighted by Gasteiger charge is -2.30. The van der Waals surface area contributed by atoms with Gasteiger partial charge in [-0.3, -0.25) is 4.99 Å². The molecule has 1 nitrogen and oxygen atoms in total. The zero-order valence-electron chi connectivity index (χ0n) is 12.0. The summed E-state index contributed by atoms with van der Waals surface area (Å²) in [5, 5.41) is 0. The molecule has 0 N–H and O–H groups in total. The van der Waals surface area contributed by atoms with E-state index in [0.717, 1.165) is 4.47 Å². The third-order valence-electron chi connectivity index (χ3n) is 3.64. The van der Waals surface area contributed by atoms with E-state index in [1.165, 1.54) is 5.56 Å². The topological polar surface area (TPSA) is 12.4 Å². The van der Waals surface area contributed by atoms with Gasteiger partial charge in [-0.05, 0) is 32.4 Å². The number of hydrogen-bond acceptors (Lipinski definition) is 1. The summed E-state index contributed by atoms with van der Waals surface area (Å²) in [6.45, 7) is 6.46. The fourth-order valence-corrected chi connectivity index (χ4v) is 3.38. The molecule has 2 atom stereocenters. The number of rotatable bonds is 3. The van der Waals surface area contributed by atoms with Gasteiger partial charge in [0, 0.05) is 20.9 Å². The minimum atomic E-state index is -0.259. The van der Waals surface area contributed by atoms with Crippen molar-refractivity contribution in [2.45, 2.75) is 31.1 Å². The third kappa shape index (κ3) is 3.32. The first-order valence-corrected chi connectivity index (χ1v) is 8.37. The molecule has 1 aromatic rings. The van der Waals surface area contributed by atoms with Crippen molar-refractivity contribution in [3.63, 3.8) is 0 Å². The Balaban J connectivity index is 2.28. The largest absolute Gasteiger partial charge is 0.286 e. The molecule has 2 unspecified atom stereocenters. The molecule has 0 saturated heterocycles. The second-order valence-corrected chi connectivity index (χ2v) is 7.65. The Bertz CT molecular complexity index is 572. The number of nitrogens with zero attached hydrogens (tertiary/aromatic N) is 1. The van der Waals surface area contributed by atoms with Crippen molar-refractivity contribution in [2.75, 3.05) is 0 Å². The number of aliphatic imine (C=N–C) groups is 1. The summed E-state index contributed by atoms with van der Waals surface area (Å²) in [5.41, 5.74) is 0.847. The standard InChI is InChI=1S/C17H19Br2N/c1-16(2,13-8-4-5-9-14(13)18)20-12-17(3)11-7-6-10-15(17)19/h4-12,15H,1-3H3. The lowest BCUT2D eigenvalue weighted by molar-refractivity contribution is 0.540. The lowest BCUT2D eigenvalue weighted by atomic mass is 9.84. The van der Waals surface area contributed by atoms with E-state index in [1.54, 1.807) is 0 Å². The zero-order chi connectivity index (χ0) is 14.8. The predicted octanol–water partition coefficient (Wildman–Crippen LogP) is 5.65. The molecule has 0 spiro atoms. The molecule has 0 amide bonds. The third-order valence-corrected chi connectivity index (χ3v) is 5.62. The fourth-order valence-electron chi connectivity index (χ4n) is 2.17. The highest BCUT2D eigenvalue weighted by Crippen LogP contribution is 2.35. The van der Waals surface area contributed by atoms with Crippen LogP contribution in [0.5, 0.6) is 0 Å². The Morgan fingerprint density at radius 3 is 2.60 bits per heavy atom. The smallest absolute Gasteiger partial charge is 0.0807 e. The van der Waals surface area contributed by atoms with Crippen molar-refractivity contribution in [2.24, 2.45) is 10.4 Å². The van der Waals surface area contributed by atoms with Crippen LogP contribution in [-0.4, -0.2) is 11.0 Å². The van der Waals surface area contributed by atoms with Crippen molar-refractivity contribution < 1.29 is 0 Å². The zero-order valence-corrected chi connectivity index (χ0v) is 15.1. The number of benzene rings is 1. The average Bonchev–Trinajstić information content (AvgIpc) is 2.41. The van der Waals surface area contributed by atoms with Gasteiger partial charge in [0.1, 0.15) is 0 Å². The molecule has 20 heavy (non-hydrogen) atoms. The van der Waals surface area contributed by atoms with E-state index in [9.17, 15) is 0 Å². The van der Waals surface area contributed by atoms with Gasteiger partial charge in [0.15, 0.2) is 0 Å². The first-order valence-electron chi connectivity index (χ1n) is 6.67. The van der Waals surface area contributed by atoms with Crippen LogP contribution >= 0.6 is 31.9 Å². The summed E-state index contributed by atoms with van der Waals surface area (Å²) < 4.78 is 1.10. The molecule has 3 heteroatoms. The number of alkyl halides is 1. The Hall–Kier alpha value is -0.670. The molecule has 0 aliphatic heterocycles. The molecular formula is C17H19Br2N. The van der Waals surface area contributed by atoms with Gasteiger partial charge in [-0.2, -0.15) is 0 Å². The molecule has 0 radical (unpaired) electrons. The summed E-state index contributed by atoms with van der Waals surface area (Å²) in [7, 11) is 0. The molecule has 0 saturated carbocycles. The van der Waals surface area contributed by atoms with Crippen LogP contribution in [0.2, 0.25) is 0 Å². The molecule has 0 heterocycles. The Labute approximate surface area is 138 Å². The molecular weight excluding hydrogens is 378 g/mol. The van der Waals surface area contributed by atoms with Gasteiger partial charge in [-0.25, -0.2) is 0 Å². The molecule has 1 aromatic carbocycles. The van der Waals surface area contributed by atoms with E-state index in [2.05, 4.69) is 101 Å². The van der Waals surface area contributed by atoms with Gasteiger partial charge < -0.3 is 0 Å². The highest BCUT2D eigenvalue weighted by Gasteiger charge is 2.29. The number of allylic oxidation sites excluding steroid dienone is 4. The van der Waals surface area contributed by atoms with Gasteiger partial charge in [0.05, 0.1) is 5.54 Å². The Morgan fingerprint density at radius 2 is 1.95 bits per heavy atom. The van der Waals surface area contributed by atoms with Crippen LogP contribution < -0.4 is 0 Å². The van der Waals surface area contributed by atoms with E-state index in [1.807, 2.05) is 6.07 Å². The molecule has 106 valence electrons. The number of hydrogen-bond donors (Lipinski definition) is 0. The van der Waals surface area contributed by atoms with Crippen molar-refractivity contribution in [3.8, 4) is 0 Å². The van der Waals surface area contributed by atoms with Crippen molar-refractivity contribution >= 4 is 38.1 Å². The van der Waals surface area contributed by atoms with Crippen LogP contribution in [0.15, 0.2) is 58.0 Å². The molecule has 1 aliphatic carbocycles. The van der Waals surface area contributed by atoms with E-state index in [0.29, 0.717) is 0 Å². The monoisotopic (exact) mass is 395 g/mol. The summed E-state index contributed by atoms with van der Waals surface area (Å²) in [4.78, 5) is 5.14. The van der Waals surface area contributed by atoms with Gasteiger partial charge >= 0.3 is 0 Å². The summed E-state index contributed by atoms with van der Waals surface area (Å²) in [6.07, 6.45) is 10.5. The Kier molecular flexibility index (Phi) is 4.70. The van der Waals surface area contributed by atoms with Crippen molar-refractivity contribution in [3.05, 3.63) is 58.6 Å². The second-order valence-electron chi connectivity index (χ2n) is 5.81. The van der Waals surface area contributed by atoms with Gasteiger partial charge in [-0.15, -0.1) is 0 Å². The van der Waals surface area contributed by atoms with Crippen LogP contribution in [0.1, 0.15) is 26.3 Å². The SMILES string of the molecule is CC(C)(N=CC1(C)C=CC=CC1Br)c1ccccc1Br. The predicted molar refractivity (Wildman–Crippen MR) is 94.8 cm³/mol. The highest BCUT2D eigenvalue weighted by molar-refractivity contribution is 9.10. The van der Waals surface area contributed by atoms with Crippen molar-refractivity contribution in [1.29, 1.82) is 0 Å². The van der Waals surface area contributed by atoms with Crippen LogP contribution in [0, 0.1) is 5.41 Å². The van der Waals surface area contributed by atoms with Gasteiger partial charge in [0.25, 0.3) is 0 Å². The van der Waals surface area contributed by atoms with Gasteiger partial charge in [-0.1, -0.05) is 74.4 Å². The van der Waals surface area contributed by atoms with E-state index < -0.39 is 0 Å². The van der Waals surface area contributed by atoms with E-state index >= 15 is 0 Å². The average molecular weight is 397 g/mol. The van der Waals surface area contributed by atoms with Crippen LogP contribution in [0.3, 0.4) is 0 Å². The summed E-state index contributed by atoms with van der Waals surface area (Å²) in [6, 6.07) is 8.25. The quantitative estimate of drug-likeness (QED) is 0.462. The minimum Gasteiger partial charge on any atom is -0.286 e. The summed E-state index contributed by atoms with van der Waals surface area (Å²) in [5.74, 6) is 0. The Morgan fingerprint density at radius 1 is 1.25 bits per heavy atom. The van der Waals surface area contributed by atoms with E-state index in [4.69, 9.17) is 4.99 Å². The maximum absolute atomic E-state index is 4.86. The number of halogens is 2. The van der Waals surface area contributed by atoms with E-state index in [-0.39, 0.29) is 15.8 Å². The summed E-state index contributed by atoms with van der Waals surface area (Å²) >= 11 is 7.33. The fraction of sp³-hybridized carbons (Fsp3) is 0.353. The molecule has 2 rings (SSSR count). The van der Waals surface area contributed by atoms with Gasteiger partial charge in [0.2, 0.25) is 0 Å². The minimum absolute atomic E-state index is 0.0900. The maximum atomic E-state index is 4.86. The normalized spacial score (nSPS) is 26.4. The van der Waals surface area contributed by atoms with Crippen LogP contribution in [0.4, 0.5) is 0 Å².